The first-order valence-corrected chi connectivity index (χ1v) is 9.49. The number of benzene rings is 1. The van der Waals surface area contributed by atoms with E-state index in [0.717, 1.165) is 5.56 Å². The molecular formula is C20H24F3NO4. The fourth-order valence-electron chi connectivity index (χ4n) is 3.94. The van der Waals surface area contributed by atoms with Crippen molar-refractivity contribution in [3.05, 3.63) is 35.9 Å². The molecule has 0 saturated carbocycles. The lowest BCUT2D eigenvalue weighted by atomic mass is 9.81. The second-order valence-corrected chi connectivity index (χ2v) is 7.40. The van der Waals surface area contributed by atoms with Crippen molar-refractivity contribution in [3.63, 3.8) is 0 Å². The van der Waals surface area contributed by atoms with Crippen LogP contribution < -0.4 is 0 Å². The maximum absolute atomic E-state index is 12.6. The summed E-state index contributed by atoms with van der Waals surface area (Å²) in [6, 6.07) is 8.76. The third-order valence-corrected chi connectivity index (χ3v) is 5.28. The molecule has 2 heterocycles. The number of nitrogens with zero attached hydrogens (tertiary/aromatic N) is 1. The van der Waals surface area contributed by atoms with Crippen LogP contribution in [0.15, 0.2) is 30.3 Å². The Labute approximate surface area is 161 Å². The van der Waals surface area contributed by atoms with Crippen molar-refractivity contribution >= 4 is 11.9 Å². The molecule has 1 amide bonds. The number of alkyl halides is 3. The number of hydrogen-bond acceptors (Lipinski definition) is 4. The number of Topliss-reactive ketones (excluding diaryl/α,β-unsaturated/α-hetero) is 1. The van der Waals surface area contributed by atoms with Gasteiger partial charge in [0.25, 0.3) is 0 Å². The van der Waals surface area contributed by atoms with Crippen LogP contribution in [-0.4, -0.2) is 48.3 Å². The van der Waals surface area contributed by atoms with E-state index >= 15 is 0 Å². The lowest BCUT2D eigenvalue weighted by Gasteiger charge is -2.47. The van der Waals surface area contributed by atoms with Crippen molar-refractivity contribution in [2.24, 2.45) is 5.92 Å². The number of piperidine rings is 1. The van der Waals surface area contributed by atoms with Gasteiger partial charge in [0.2, 0.25) is 0 Å². The van der Waals surface area contributed by atoms with Gasteiger partial charge in [-0.2, -0.15) is 13.2 Å². The molecule has 2 aliphatic heterocycles. The Morgan fingerprint density at radius 1 is 1.11 bits per heavy atom. The largest absolute Gasteiger partial charge is 0.445 e. The van der Waals surface area contributed by atoms with Gasteiger partial charge in [0.15, 0.2) is 0 Å². The standard InChI is InChI=1S/C20H24F3NO4/c21-20(22,23)8-4-7-18(25)15-9-16-12-27-13-17(10-15)24(16)19(26)28-11-14-5-2-1-3-6-14/h1-3,5-6,15-17H,4,7-13H2. The third kappa shape index (κ3) is 5.47. The lowest BCUT2D eigenvalue weighted by Crippen LogP contribution is -2.59. The predicted octanol–water partition coefficient (Wildman–Crippen LogP) is 4.10. The third-order valence-electron chi connectivity index (χ3n) is 5.28. The normalized spacial score (nSPS) is 24.7. The number of ketones is 1. The van der Waals surface area contributed by atoms with Crippen molar-refractivity contribution < 1.29 is 32.2 Å². The minimum absolute atomic E-state index is 0.0804. The Kier molecular flexibility index (Phi) is 6.59. The Morgan fingerprint density at radius 3 is 2.36 bits per heavy atom. The first-order chi connectivity index (χ1) is 13.3. The Morgan fingerprint density at radius 2 is 1.75 bits per heavy atom. The van der Waals surface area contributed by atoms with Gasteiger partial charge in [0, 0.05) is 18.8 Å². The van der Waals surface area contributed by atoms with Crippen molar-refractivity contribution in [1.29, 1.82) is 0 Å². The topological polar surface area (TPSA) is 55.8 Å². The first-order valence-electron chi connectivity index (χ1n) is 9.49. The summed E-state index contributed by atoms with van der Waals surface area (Å²) in [7, 11) is 0. The minimum atomic E-state index is -4.24. The van der Waals surface area contributed by atoms with Crippen LogP contribution >= 0.6 is 0 Å². The zero-order valence-electron chi connectivity index (χ0n) is 15.5. The summed E-state index contributed by atoms with van der Waals surface area (Å²) in [4.78, 5) is 26.6. The summed E-state index contributed by atoms with van der Waals surface area (Å²) in [6.45, 7) is 0.781. The van der Waals surface area contributed by atoms with E-state index < -0.39 is 18.7 Å². The molecule has 2 atom stereocenters. The molecule has 2 saturated heterocycles. The van der Waals surface area contributed by atoms with Gasteiger partial charge in [-0.15, -0.1) is 0 Å². The molecule has 2 fully saturated rings. The second-order valence-electron chi connectivity index (χ2n) is 7.40. The molecule has 28 heavy (non-hydrogen) atoms. The maximum Gasteiger partial charge on any atom is 0.410 e. The summed E-state index contributed by atoms with van der Waals surface area (Å²) in [5.41, 5.74) is 0.881. The average Bonchev–Trinajstić information content (AvgIpc) is 2.64. The molecule has 2 unspecified atom stereocenters. The van der Waals surface area contributed by atoms with E-state index in [1.165, 1.54) is 0 Å². The number of ether oxygens (including phenoxy) is 2. The monoisotopic (exact) mass is 399 g/mol. The van der Waals surface area contributed by atoms with E-state index in [2.05, 4.69) is 0 Å². The van der Waals surface area contributed by atoms with E-state index in [4.69, 9.17) is 9.47 Å². The van der Waals surface area contributed by atoms with Gasteiger partial charge in [0.1, 0.15) is 12.4 Å². The Bertz CT molecular complexity index is 666. The van der Waals surface area contributed by atoms with Crippen molar-refractivity contribution in [2.45, 2.75) is 57.0 Å². The summed E-state index contributed by atoms with van der Waals surface area (Å²) < 4.78 is 47.8. The summed E-state index contributed by atoms with van der Waals surface area (Å²) in [5.74, 6) is -0.483. The van der Waals surface area contributed by atoms with Gasteiger partial charge < -0.3 is 9.47 Å². The molecule has 0 radical (unpaired) electrons. The Hall–Kier alpha value is -2.09. The van der Waals surface area contributed by atoms with E-state index in [1.807, 2.05) is 30.3 Å². The average molecular weight is 399 g/mol. The van der Waals surface area contributed by atoms with Crippen LogP contribution in [0.4, 0.5) is 18.0 Å². The quantitative estimate of drug-likeness (QED) is 0.723. The van der Waals surface area contributed by atoms with Crippen LogP contribution in [0.3, 0.4) is 0 Å². The molecule has 0 spiro atoms. The fourth-order valence-corrected chi connectivity index (χ4v) is 3.94. The highest BCUT2D eigenvalue weighted by Crippen LogP contribution is 2.34. The zero-order chi connectivity index (χ0) is 20.1. The van der Waals surface area contributed by atoms with Crippen molar-refractivity contribution in [3.8, 4) is 0 Å². The minimum Gasteiger partial charge on any atom is -0.445 e. The molecule has 8 heteroatoms. The van der Waals surface area contributed by atoms with Gasteiger partial charge in [0.05, 0.1) is 25.3 Å². The molecule has 0 N–H and O–H groups in total. The van der Waals surface area contributed by atoms with Crippen LogP contribution in [0.25, 0.3) is 0 Å². The first kappa shape index (κ1) is 20.6. The van der Waals surface area contributed by atoms with Crippen molar-refractivity contribution in [1.82, 2.24) is 4.90 Å². The smallest absolute Gasteiger partial charge is 0.410 e. The molecule has 1 aromatic carbocycles. The fraction of sp³-hybridized carbons (Fsp3) is 0.600. The number of hydrogen-bond donors (Lipinski definition) is 0. The molecule has 2 bridgehead atoms. The van der Waals surface area contributed by atoms with Gasteiger partial charge in [-0.3, -0.25) is 9.69 Å². The van der Waals surface area contributed by atoms with Crippen LogP contribution in [-0.2, 0) is 20.9 Å². The second kappa shape index (κ2) is 8.94. The van der Waals surface area contributed by atoms with Crippen molar-refractivity contribution in [2.75, 3.05) is 13.2 Å². The number of carbonyl (C=O) groups is 2. The predicted molar refractivity (Wildman–Crippen MR) is 94.5 cm³/mol. The summed E-state index contributed by atoms with van der Waals surface area (Å²) in [5, 5.41) is 0. The number of halogens is 3. The van der Waals surface area contributed by atoms with E-state index in [9.17, 15) is 22.8 Å². The number of carbonyl (C=O) groups excluding carboxylic acids is 2. The highest BCUT2D eigenvalue weighted by Gasteiger charge is 2.44. The molecule has 0 aromatic heterocycles. The van der Waals surface area contributed by atoms with Gasteiger partial charge in [-0.1, -0.05) is 30.3 Å². The molecule has 154 valence electrons. The summed E-state index contributed by atoms with van der Waals surface area (Å²) >= 11 is 0. The number of amides is 1. The number of rotatable bonds is 6. The highest BCUT2D eigenvalue weighted by atomic mass is 19.4. The number of morpholine rings is 1. The molecule has 1 aromatic rings. The molecule has 5 nitrogen and oxygen atoms in total. The van der Waals surface area contributed by atoms with Gasteiger partial charge in [-0.25, -0.2) is 4.79 Å². The summed E-state index contributed by atoms with van der Waals surface area (Å²) in [6.07, 6.45) is -5.08. The molecular weight excluding hydrogens is 375 g/mol. The van der Waals surface area contributed by atoms with E-state index in [-0.39, 0.29) is 43.2 Å². The zero-order valence-corrected chi connectivity index (χ0v) is 15.5. The van der Waals surface area contributed by atoms with Crippen LogP contribution in [0, 0.1) is 5.92 Å². The van der Waals surface area contributed by atoms with E-state index in [0.29, 0.717) is 26.1 Å². The van der Waals surface area contributed by atoms with Crippen LogP contribution in [0.1, 0.15) is 37.7 Å². The molecule has 2 aliphatic rings. The lowest BCUT2D eigenvalue weighted by molar-refractivity contribution is -0.139. The SMILES string of the molecule is O=C(CCCC(F)(F)F)C1CC2COCC(C1)N2C(=O)OCc1ccccc1. The van der Waals surface area contributed by atoms with Crippen LogP contribution in [0.2, 0.25) is 0 Å². The number of fused-ring (bicyclic) bond motifs is 2. The molecule has 3 rings (SSSR count). The van der Waals surface area contributed by atoms with Gasteiger partial charge >= 0.3 is 12.3 Å². The molecule has 0 aliphatic carbocycles. The van der Waals surface area contributed by atoms with E-state index in [1.54, 1.807) is 4.90 Å². The Balaban J connectivity index is 1.54. The van der Waals surface area contributed by atoms with Gasteiger partial charge in [-0.05, 0) is 24.8 Å². The maximum atomic E-state index is 12.6. The van der Waals surface area contributed by atoms with Crippen LogP contribution in [0.5, 0.6) is 0 Å². The highest BCUT2D eigenvalue weighted by molar-refractivity contribution is 5.81.